The zero-order chi connectivity index (χ0) is 30.5. The SMILES string of the molecule is CC(O)C1C(=O)N2C(C(=O)[O-])=C(CN3c4cccc5c(CC[N+]67CC[N+](CC(N)=O)(CC6)CC7)ccc(c45)S3(=O)=O)SC12. The van der Waals surface area contributed by atoms with E-state index < -0.39 is 39.3 Å². The molecule has 6 aliphatic rings. The lowest BCUT2D eigenvalue weighted by Crippen LogP contribution is -2.76. The van der Waals surface area contributed by atoms with Gasteiger partial charge in [-0.2, -0.15) is 0 Å². The van der Waals surface area contributed by atoms with Crippen LogP contribution in [-0.4, -0.2) is 116 Å². The number of nitrogens with zero attached hydrogens (tertiary/aromatic N) is 4. The summed E-state index contributed by atoms with van der Waals surface area (Å²) in [6, 6.07) is 9.01. The Balaban J connectivity index is 1.16. The lowest BCUT2D eigenvalue weighted by molar-refractivity contribution is -1.08. The number of aliphatic hydroxyl groups is 1. The second-order valence-electron chi connectivity index (χ2n) is 12.6. The minimum Gasteiger partial charge on any atom is -0.543 e. The number of nitrogens with two attached hydrogens (primary N) is 1. The summed E-state index contributed by atoms with van der Waals surface area (Å²) < 4.78 is 30.7. The molecule has 6 heterocycles. The van der Waals surface area contributed by atoms with Crippen LogP contribution in [0.25, 0.3) is 10.8 Å². The van der Waals surface area contributed by atoms with Crippen LogP contribution in [0.3, 0.4) is 0 Å². The van der Waals surface area contributed by atoms with Crippen LogP contribution in [0, 0.1) is 5.92 Å². The summed E-state index contributed by atoms with van der Waals surface area (Å²) in [7, 11) is -4.00. The molecule has 3 unspecified atom stereocenters. The number of fused-ring (bicyclic) bond motifs is 4. The van der Waals surface area contributed by atoms with Crippen molar-refractivity contribution in [2.24, 2.45) is 11.7 Å². The lowest BCUT2D eigenvalue weighted by Gasteiger charge is -2.55. The molecule has 0 radical (unpaired) electrons. The molecule has 2 amide bonds. The molecule has 228 valence electrons. The van der Waals surface area contributed by atoms with Gasteiger partial charge in [-0.1, -0.05) is 30.0 Å². The molecule has 0 saturated carbocycles. The van der Waals surface area contributed by atoms with Gasteiger partial charge in [0.05, 0.1) is 47.4 Å². The van der Waals surface area contributed by atoms with Crippen molar-refractivity contribution < 1.29 is 42.0 Å². The summed E-state index contributed by atoms with van der Waals surface area (Å²) in [4.78, 5) is 37.9. The smallest absolute Gasteiger partial charge is 0.272 e. The Bertz CT molecular complexity index is 1720. The Morgan fingerprint density at radius 3 is 2.42 bits per heavy atom. The normalized spacial score (nSPS) is 31.0. The van der Waals surface area contributed by atoms with Gasteiger partial charge in [-0.3, -0.25) is 18.8 Å². The van der Waals surface area contributed by atoms with E-state index in [0.717, 1.165) is 88.8 Å². The quantitative estimate of drug-likeness (QED) is 0.262. The van der Waals surface area contributed by atoms with E-state index in [1.165, 1.54) is 11.2 Å². The zero-order valence-electron chi connectivity index (χ0n) is 23.8. The first-order chi connectivity index (χ1) is 20.4. The van der Waals surface area contributed by atoms with Crippen molar-refractivity contribution in [2.45, 2.75) is 29.7 Å². The molecule has 6 aliphatic heterocycles. The number of thioether (sulfide) groups is 1. The molecule has 2 bridgehead atoms. The molecule has 0 aromatic heterocycles. The van der Waals surface area contributed by atoms with Crippen molar-refractivity contribution in [1.82, 2.24) is 4.90 Å². The van der Waals surface area contributed by atoms with E-state index in [4.69, 9.17) is 5.73 Å². The second-order valence-corrected chi connectivity index (χ2v) is 15.6. The number of quaternary nitrogens is 2. The van der Waals surface area contributed by atoms with Gasteiger partial charge in [0.15, 0.2) is 6.54 Å². The highest BCUT2D eigenvalue weighted by molar-refractivity contribution is 8.04. The highest BCUT2D eigenvalue weighted by atomic mass is 32.2. The number of rotatable bonds is 9. The Hall–Kier alpha value is -3.17. The fraction of sp³-hybridized carbons (Fsp3) is 0.483. The van der Waals surface area contributed by atoms with E-state index in [-0.39, 0.29) is 27.9 Å². The standard InChI is InChI=1S/C29H33N5O7S2/c1-17(35)24-27(37)32-26(29(38)39)21(42-28(24)32)15-31-20-4-2-3-19-18(5-6-22(25(19)20)43(31,40)41)7-8-33-9-12-34(13-10-33,14-11-33)16-23(30)36/h2-6,17,24,28,35H,7-16H2,1H3,(H-2,30,36,38,39)/p+1. The molecule has 3 N–H and O–H groups in total. The molecule has 43 heavy (non-hydrogen) atoms. The monoisotopic (exact) mass is 628 g/mol. The van der Waals surface area contributed by atoms with Crippen molar-refractivity contribution in [3.05, 3.63) is 46.5 Å². The van der Waals surface area contributed by atoms with Crippen LogP contribution in [0.4, 0.5) is 5.69 Å². The molecule has 2 aromatic carbocycles. The van der Waals surface area contributed by atoms with Gasteiger partial charge in [0.25, 0.3) is 15.9 Å². The number of hydrogen-bond acceptors (Lipinski definition) is 8. The number of β-lactam (4-membered cyclic amide) rings is 1. The molecule has 3 atom stereocenters. The largest absolute Gasteiger partial charge is 0.543 e. The predicted octanol–water partition coefficient (Wildman–Crippen LogP) is -1.09. The first-order valence-corrected chi connectivity index (χ1v) is 16.9. The summed E-state index contributed by atoms with van der Waals surface area (Å²) >= 11 is 1.10. The molecule has 14 heteroatoms. The number of amides is 2. The minimum absolute atomic E-state index is 0.179. The number of aliphatic hydroxyl groups excluding tert-OH is 1. The summed E-state index contributed by atoms with van der Waals surface area (Å²) in [5, 5.41) is 23.0. The first-order valence-electron chi connectivity index (χ1n) is 14.5. The average Bonchev–Trinajstić information content (AvgIpc) is 3.39. The second kappa shape index (κ2) is 9.66. The predicted molar refractivity (Wildman–Crippen MR) is 156 cm³/mol. The molecule has 2 aromatic rings. The van der Waals surface area contributed by atoms with E-state index in [1.807, 2.05) is 18.2 Å². The molecule has 12 nitrogen and oxygen atoms in total. The number of benzene rings is 2. The van der Waals surface area contributed by atoms with Gasteiger partial charge in [0.2, 0.25) is 5.91 Å². The van der Waals surface area contributed by atoms with Crippen LogP contribution < -0.4 is 15.1 Å². The van der Waals surface area contributed by atoms with Gasteiger partial charge in [0.1, 0.15) is 44.6 Å². The van der Waals surface area contributed by atoms with Crippen LogP contribution >= 0.6 is 11.8 Å². The molecule has 4 fully saturated rings. The summed E-state index contributed by atoms with van der Waals surface area (Å²) in [6.07, 6.45) is -0.196. The molecule has 8 rings (SSSR count). The van der Waals surface area contributed by atoms with Crippen LogP contribution in [-0.2, 0) is 30.8 Å². The van der Waals surface area contributed by atoms with Gasteiger partial charge in [-0.25, -0.2) is 8.42 Å². The molecule has 4 saturated heterocycles. The van der Waals surface area contributed by atoms with E-state index in [2.05, 4.69) is 0 Å². The average molecular weight is 629 g/mol. The summed E-state index contributed by atoms with van der Waals surface area (Å²) in [6.45, 7) is 8.31. The third kappa shape index (κ3) is 4.21. The number of piperazine rings is 3. The number of carboxylic acids is 1. The number of carbonyl (C=O) groups excluding carboxylic acids is 3. The van der Waals surface area contributed by atoms with E-state index >= 15 is 0 Å². The number of carboxylic acid groups (broad SMARTS) is 1. The van der Waals surface area contributed by atoms with E-state index in [1.54, 1.807) is 12.1 Å². The number of carbonyl (C=O) groups is 3. The van der Waals surface area contributed by atoms with Gasteiger partial charge in [-0.15, -0.1) is 0 Å². The molecular formula is C29H34N5O7S2+. The van der Waals surface area contributed by atoms with Crippen LogP contribution in [0.15, 0.2) is 45.8 Å². The zero-order valence-corrected chi connectivity index (χ0v) is 25.4. The number of anilines is 1. The van der Waals surface area contributed by atoms with Gasteiger partial charge < -0.3 is 29.7 Å². The van der Waals surface area contributed by atoms with Gasteiger partial charge in [0, 0.05) is 16.7 Å². The minimum atomic E-state index is -4.00. The van der Waals surface area contributed by atoms with Crippen molar-refractivity contribution >= 4 is 56.0 Å². The maximum atomic E-state index is 13.8. The van der Waals surface area contributed by atoms with Crippen molar-refractivity contribution in [3.63, 3.8) is 0 Å². The van der Waals surface area contributed by atoms with Crippen LogP contribution in [0.5, 0.6) is 0 Å². The summed E-state index contributed by atoms with van der Waals surface area (Å²) in [5.41, 5.74) is 6.72. The number of sulfonamides is 1. The van der Waals surface area contributed by atoms with Crippen molar-refractivity contribution in [3.8, 4) is 0 Å². The fourth-order valence-electron chi connectivity index (χ4n) is 7.76. The Labute approximate surface area is 253 Å². The number of hydrogen-bond donors (Lipinski definition) is 2. The van der Waals surface area contributed by atoms with Crippen molar-refractivity contribution in [2.75, 3.05) is 63.2 Å². The van der Waals surface area contributed by atoms with Gasteiger partial charge >= 0.3 is 0 Å². The van der Waals surface area contributed by atoms with Gasteiger partial charge in [-0.05, 0) is 30.0 Å². The highest BCUT2D eigenvalue weighted by Gasteiger charge is 2.57. The molecule has 0 spiro atoms. The number of aliphatic carboxylic acids is 1. The van der Waals surface area contributed by atoms with Crippen molar-refractivity contribution in [1.29, 1.82) is 0 Å². The Morgan fingerprint density at radius 1 is 1.12 bits per heavy atom. The Kier molecular flexibility index (Phi) is 6.43. The third-order valence-corrected chi connectivity index (χ3v) is 13.4. The van der Waals surface area contributed by atoms with E-state index in [9.17, 15) is 33.0 Å². The van der Waals surface area contributed by atoms with Crippen LogP contribution in [0.1, 0.15) is 12.5 Å². The topological polar surface area (TPSA) is 161 Å². The maximum absolute atomic E-state index is 13.8. The Morgan fingerprint density at radius 2 is 1.79 bits per heavy atom. The van der Waals surface area contributed by atoms with Crippen LogP contribution in [0.2, 0.25) is 0 Å². The first kappa shape index (κ1) is 28.6. The molecule has 0 aliphatic carbocycles. The summed E-state index contributed by atoms with van der Waals surface area (Å²) in [5.74, 6) is -3.07. The highest BCUT2D eigenvalue weighted by Crippen LogP contribution is 2.52. The maximum Gasteiger partial charge on any atom is 0.272 e. The van der Waals surface area contributed by atoms with E-state index in [0.29, 0.717) is 17.6 Å². The number of primary amides is 1. The lowest BCUT2D eigenvalue weighted by atomic mass is 9.92. The molecular weight excluding hydrogens is 594 g/mol. The third-order valence-electron chi connectivity index (χ3n) is 10.3. The fourth-order valence-corrected chi connectivity index (χ4v) is 11.1.